The number of aromatic nitrogens is 1. The second-order valence-corrected chi connectivity index (χ2v) is 7.01. The van der Waals surface area contributed by atoms with Crippen molar-refractivity contribution < 1.29 is 9.53 Å². The Bertz CT molecular complexity index is 451. The number of carbonyl (C=O) groups excluding carboxylic acids is 1. The molecule has 0 aromatic carbocycles. The van der Waals surface area contributed by atoms with Gasteiger partial charge >= 0.3 is 5.97 Å². The maximum absolute atomic E-state index is 11.2. The fourth-order valence-corrected chi connectivity index (χ4v) is 3.25. The molecule has 0 spiro atoms. The van der Waals surface area contributed by atoms with Crippen molar-refractivity contribution in [1.82, 2.24) is 4.98 Å². The minimum absolute atomic E-state index is 0.231. The van der Waals surface area contributed by atoms with Crippen LogP contribution in [-0.2, 0) is 16.0 Å². The topological polar surface area (TPSA) is 42.4 Å². The Morgan fingerprint density at radius 3 is 2.89 bits per heavy atom. The molecule has 1 saturated heterocycles. The molecule has 1 aromatic heterocycles. The minimum atomic E-state index is -0.231. The molecule has 1 fully saturated rings. The van der Waals surface area contributed by atoms with Gasteiger partial charge in [0.1, 0.15) is 0 Å². The lowest BCUT2D eigenvalue weighted by Crippen LogP contribution is -2.25. The van der Waals surface area contributed by atoms with E-state index >= 15 is 0 Å². The molecule has 4 nitrogen and oxygen atoms in total. The van der Waals surface area contributed by atoms with Gasteiger partial charge in [0.15, 0.2) is 5.13 Å². The van der Waals surface area contributed by atoms with Crippen molar-refractivity contribution in [2.24, 2.45) is 11.3 Å². The van der Waals surface area contributed by atoms with Crippen LogP contribution in [0.15, 0.2) is 5.38 Å². The molecular weight excluding hydrogens is 260 g/mol. The molecule has 0 aliphatic carbocycles. The Morgan fingerprint density at radius 2 is 2.32 bits per heavy atom. The molecular formula is C14H22N2O2S. The molecule has 1 aliphatic rings. The SMILES string of the molecule is COC(=O)Cc1csc(N2CCC(C(C)(C)C)C2)n1. The molecule has 5 heteroatoms. The van der Waals surface area contributed by atoms with Crippen LogP contribution >= 0.6 is 11.3 Å². The van der Waals surface area contributed by atoms with Crippen molar-refractivity contribution in [3.63, 3.8) is 0 Å². The lowest BCUT2D eigenvalue weighted by Gasteiger charge is -2.26. The summed E-state index contributed by atoms with van der Waals surface area (Å²) in [4.78, 5) is 18.1. The van der Waals surface area contributed by atoms with Gasteiger partial charge in [-0.05, 0) is 17.8 Å². The lowest BCUT2D eigenvalue weighted by molar-refractivity contribution is -0.139. The highest BCUT2D eigenvalue weighted by Gasteiger charge is 2.32. The summed E-state index contributed by atoms with van der Waals surface area (Å²) >= 11 is 1.62. The third kappa shape index (κ3) is 3.47. The number of thiazole rings is 1. The summed E-state index contributed by atoms with van der Waals surface area (Å²) in [5.74, 6) is 0.478. The van der Waals surface area contributed by atoms with Crippen LogP contribution in [0.1, 0.15) is 32.9 Å². The Labute approximate surface area is 118 Å². The number of methoxy groups -OCH3 is 1. The van der Waals surface area contributed by atoms with Crippen molar-refractivity contribution in [3.8, 4) is 0 Å². The molecule has 1 unspecified atom stereocenters. The van der Waals surface area contributed by atoms with E-state index in [4.69, 9.17) is 0 Å². The summed E-state index contributed by atoms with van der Waals surface area (Å²) in [6.45, 7) is 9.02. The van der Waals surface area contributed by atoms with Crippen LogP contribution in [0.5, 0.6) is 0 Å². The predicted molar refractivity (Wildman–Crippen MR) is 77.6 cm³/mol. The lowest BCUT2D eigenvalue weighted by atomic mass is 9.80. The molecule has 0 bridgehead atoms. The van der Waals surface area contributed by atoms with Gasteiger partial charge < -0.3 is 9.64 Å². The molecule has 1 aromatic rings. The third-order valence-electron chi connectivity index (χ3n) is 3.78. The summed E-state index contributed by atoms with van der Waals surface area (Å²) < 4.78 is 4.66. The van der Waals surface area contributed by atoms with Gasteiger partial charge in [0.2, 0.25) is 0 Å². The van der Waals surface area contributed by atoms with Crippen LogP contribution in [0, 0.1) is 11.3 Å². The van der Waals surface area contributed by atoms with Crippen LogP contribution in [0.25, 0.3) is 0 Å². The normalized spacial score (nSPS) is 19.8. The molecule has 0 radical (unpaired) electrons. The van der Waals surface area contributed by atoms with E-state index in [9.17, 15) is 4.79 Å². The van der Waals surface area contributed by atoms with Gasteiger partial charge in [0, 0.05) is 18.5 Å². The zero-order chi connectivity index (χ0) is 14.0. The molecule has 19 heavy (non-hydrogen) atoms. The summed E-state index contributed by atoms with van der Waals surface area (Å²) in [7, 11) is 1.41. The fraction of sp³-hybridized carbons (Fsp3) is 0.714. The number of carbonyl (C=O) groups is 1. The van der Waals surface area contributed by atoms with Crippen molar-refractivity contribution in [3.05, 3.63) is 11.1 Å². The van der Waals surface area contributed by atoms with Crippen molar-refractivity contribution in [2.45, 2.75) is 33.6 Å². The van der Waals surface area contributed by atoms with E-state index in [2.05, 4.69) is 35.4 Å². The van der Waals surface area contributed by atoms with E-state index in [1.165, 1.54) is 13.5 Å². The number of esters is 1. The number of rotatable bonds is 3. The Hall–Kier alpha value is -1.10. The number of nitrogens with zero attached hydrogens (tertiary/aromatic N) is 2. The number of anilines is 1. The maximum Gasteiger partial charge on any atom is 0.311 e. The molecule has 0 amide bonds. The van der Waals surface area contributed by atoms with Gasteiger partial charge in [0.05, 0.1) is 19.2 Å². The highest BCUT2D eigenvalue weighted by molar-refractivity contribution is 7.13. The van der Waals surface area contributed by atoms with E-state index < -0.39 is 0 Å². The fourth-order valence-electron chi connectivity index (χ4n) is 2.38. The van der Waals surface area contributed by atoms with Crippen LogP contribution in [0.4, 0.5) is 5.13 Å². The first-order valence-electron chi connectivity index (χ1n) is 6.66. The average Bonchev–Trinajstić information content (AvgIpc) is 2.95. The maximum atomic E-state index is 11.2. The van der Waals surface area contributed by atoms with E-state index in [0.717, 1.165) is 23.9 Å². The van der Waals surface area contributed by atoms with Gasteiger partial charge in [-0.25, -0.2) is 4.98 Å². The first-order valence-corrected chi connectivity index (χ1v) is 7.54. The standard InChI is InChI=1S/C14H22N2O2S/c1-14(2,3)10-5-6-16(8-10)13-15-11(9-19-13)7-12(17)18-4/h9-10H,5-8H2,1-4H3. The molecule has 106 valence electrons. The largest absolute Gasteiger partial charge is 0.469 e. The molecule has 1 atom stereocenters. The van der Waals surface area contributed by atoms with Gasteiger partial charge in [-0.2, -0.15) is 0 Å². The average molecular weight is 282 g/mol. The molecule has 1 aliphatic heterocycles. The first-order chi connectivity index (χ1) is 8.90. The smallest absolute Gasteiger partial charge is 0.311 e. The zero-order valence-electron chi connectivity index (χ0n) is 12.1. The van der Waals surface area contributed by atoms with Crippen LogP contribution in [-0.4, -0.2) is 31.2 Å². The van der Waals surface area contributed by atoms with E-state index in [1.807, 2.05) is 5.38 Å². The molecule has 0 saturated carbocycles. The summed E-state index contributed by atoms with van der Waals surface area (Å²) in [6.07, 6.45) is 1.49. The monoisotopic (exact) mass is 282 g/mol. The highest BCUT2D eigenvalue weighted by Crippen LogP contribution is 2.36. The Morgan fingerprint density at radius 1 is 1.58 bits per heavy atom. The second kappa shape index (κ2) is 5.49. The summed E-state index contributed by atoms with van der Waals surface area (Å²) in [6, 6.07) is 0. The Kier molecular flexibility index (Phi) is 4.13. The van der Waals surface area contributed by atoms with Crippen molar-refractivity contribution in [1.29, 1.82) is 0 Å². The quantitative estimate of drug-likeness (QED) is 0.800. The predicted octanol–water partition coefficient (Wildman–Crippen LogP) is 2.73. The summed E-state index contributed by atoms with van der Waals surface area (Å²) in [5, 5.41) is 2.99. The molecule has 0 N–H and O–H groups in total. The van der Waals surface area contributed by atoms with Crippen LogP contribution in [0.3, 0.4) is 0 Å². The highest BCUT2D eigenvalue weighted by atomic mass is 32.1. The van der Waals surface area contributed by atoms with Gasteiger partial charge in [-0.3, -0.25) is 4.79 Å². The minimum Gasteiger partial charge on any atom is -0.469 e. The molecule has 2 rings (SSSR count). The Balaban J connectivity index is 1.99. The van der Waals surface area contributed by atoms with Crippen molar-refractivity contribution in [2.75, 3.05) is 25.1 Å². The van der Waals surface area contributed by atoms with Gasteiger partial charge in [0.25, 0.3) is 0 Å². The van der Waals surface area contributed by atoms with E-state index in [0.29, 0.717) is 11.3 Å². The van der Waals surface area contributed by atoms with E-state index in [-0.39, 0.29) is 12.4 Å². The van der Waals surface area contributed by atoms with Crippen molar-refractivity contribution >= 4 is 22.4 Å². The molecule has 2 heterocycles. The first kappa shape index (κ1) is 14.3. The number of ether oxygens (including phenoxy) is 1. The zero-order valence-corrected chi connectivity index (χ0v) is 12.9. The van der Waals surface area contributed by atoms with E-state index in [1.54, 1.807) is 11.3 Å². The number of hydrogen-bond donors (Lipinski definition) is 0. The van der Waals surface area contributed by atoms with Gasteiger partial charge in [-0.1, -0.05) is 20.8 Å². The number of hydrogen-bond acceptors (Lipinski definition) is 5. The third-order valence-corrected chi connectivity index (χ3v) is 4.73. The second-order valence-electron chi connectivity index (χ2n) is 6.17. The van der Waals surface area contributed by atoms with Crippen LogP contribution in [0.2, 0.25) is 0 Å². The van der Waals surface area contributed by atoms with Gasteiger partial charge in [-0.15, -0.1) is 11.3 Å². The summed E-state index contributed by atoms with van der Waals surface area (Å²) in [5.41, 5.74) is 1.16. The van der Waals surface area contributed by atoms with Crippen LogP contribution < -0.4 is 4.90 Å².